The van der Waals surface area contributed by atoms with Gasteiger partial charge in [0.15, 0.2) is 10.9 Å². The Bertz CT molecular complexity index is 1030. The second-order valence-corrected chi connectivity index (χ2v) is 8.52. The average Bonchev–Trinajstić information content (AvgIpc) is 2.88. The predicted octanol–water partition coefficient (Wildman–Crippen LogP) is 3.90. The molecule has 6 nitrogen and oxygen atoms in total. The highest BCUT2D eigenvalue weighted by molar-refractivity contribution is 8.18. The first-order valence-electron chi connectivity index (χ1n) is 7.04. The fourth-order valence-corrected chi connectivity index (χ4v) is 4.08. The van der Waals surface area contributed by atoms with E-state index in [1.807, 2.05) is 0 Å². The Labute approximate surface area is 163 Å². The van der Waals surface area contributed by atoms with Gasteiger partial charge in [0.2, 0.25) is 0 Å². The second-order valence-electron chi connectivity index (χ2n) is 5.08. The van der Waals surface area contributed by atoms with Crippen molar-refractivity contribution in [3.8, 4) is 5.75 Å². The fourth-order valence-electron chi connectivity index (χ4n) is 2.03. The molecule has 1 fully saturated rings. The van der Waals surface area contributed by atoms with E-state index in [1.54, 1.807) is 12.1 Å². The molecule has 1 aliphatic rings. The molecule has 1 aliphatic heterocycles. The van der Waals surface area contributed by atoms with Crippen LogP contribution >= 0.6 is 35.0 Å². The van der Waals surface area contributed by atoms with E-state index < -0.39 is 10.1 Å². The zero-order valence-electron chi connectivity index (χ0n) is 12.8. The van der Waals surface area contributed by atoms with E-state index in [0.29, 0.717) is 15.5 Å². The van der Waals surface area contributed by atoms with Crippen LogP contribution < -0.4 is 9.50 Å². The van der Waals surface area contributed by atoms with Crippen molar-refractivity contribution in [1.82, 2.24) is 5.32 Å². The summed E-state index contributed by atoms with van der Waals surface area (Å²) in [6.45, 7) is 0. The summed E-state index contributed by atoms with van der Waals surface area (Å²) >= 11 is 12.8. The molecule has 10 heteroatoms. The Morgan fingerprint density at radius 2 is 1.81 bits per heavy atom. The first kappa shape index (κ1) is 18.8. The quantitative estimate of drug-likeness (QED) is 0.568. The Morgan fingerprint density at radius 1 is 1.12 bits per heavy atom. The average molecular weight is 429 g/mol. The lowest BCUT2D eigenvalue weighted by molar-refractivity contribution is -0.115. The zero-order valence-corrected chi connectivity index (χ0v) is 16.0. The van der Waals surface area contributed by atoms with E-state index >= 15 is 0 Å². The van der Waals surface area contributed by atoms with Crippen LogP contribution in [0.2, 0.25) is 10.0 Å². The molecule has 0 aliphatic carbocycles. The largest absolute Gasteiger partial charge is 0.377 e. The van der Waals surface area contributed by atoms with Gasteiger partial charge in [0.05, 0.1) is 9.93 Å². The fraction of sp³-hybridized carbons (Fsp3) is 0. The van der Waals surface area contributed by atoms with E-state index in [-0.39, 0.29) is 26.7 Å². The van der Waals surface area contributed by atoms with Crippen molar-refractivity contribution in [3.05, 3.63) is 63.0 Å². The maximum atomic E-state index is 12.3. The molecular formula is C16H10Cl2N2O4S2. The van der Waals surface area contributed by atoms with Crippen LogP contribution in [-0.4, -0.2) is 19.5 Å². The summed E-state index contributed by atoms with van der Waals surface area (Å²) in [7, 11) is -4.06. The summed E-state index contributed by atoms with van der Waals surface area (Å²) in [5.41, 5.74) is 0.568. The van der Waals surface area contributed by atoms with Gasteiger partial charge in [-0.3, -0.25) is 10.2 Å². The molecule has 0 unspecified atom stereocenters. The van der Waals surface area contributed by atoms with E-state index in [1.165, 1.54) is 36.4 Å². The Hall–Kier alpha value is -2.00. The van der Waals surface area contributed by atoms with Crippen molar-refractivity contribution in [3.63, 3.8) is 0 Å². The molecule has 2 aromatic rings. The van der Waals surface area contributed by atoms with Gasteiger partial charge in [-0.2, -0.15) is 8.42 Å². The molecule has 1 amide bonds. The molecule has 3 rings (SSSR count). The molecule has 0 atom stereocenters. The Balaban J connectivity index is 1.84. The predicted molar refractivity (Wildman–Crippen MR) is 102 cm³/mol. The molecule has 0 aromatic heterocycles. The lowest BCUT2D eigenvalue weighted by atomic mass is 10.2. The number of hydrogen-bond donors (Lipinski definition) is 2. The van der Waals surface area contributed by atoms with Crippen molar-refractivity contribution >= 4 is 62.2 Å². The van der Waals surface area contributed by atoms with Gasteiger partial charge in [-0.15, -0.1) is 0 Å². The summed E-state index contributed by atoms with van der Waals surface area (Å²) in [5.74, 6) is -0.415. The second kappa shape index (κ2) is 7.32. The lowest BCUT2D eigenvalue weighted by Crippen LogP contribution is -2.18. The molecule has 2 N–H and O–H groups in total. The van der Waals surface area contributed by atoms with Crippen molar-refractivity contribution < 1.29 is 17.4 Å². The van der Waals surface area contributed by atoms with Crippen LogP contribution in [0.25, 0.3) is 6.08 Å². The standard InChI is InChI=1S/C16H10Cl2N2O4S2/c17-10-2-4-11(5-3-10)26(22,23)24-13-6-1-9(7-12(13)18)8-14-15(21)20-16(19)25-14/h1-8H,(H2,19,20,21)/b14-8-. The number of nitrogens with one attached hydrogen (secondary N) is 2. The number of hydrogen-bond acceptors (Lipinski definition) is 6. The molecule has 0 bridgehead atoms. The number of benzene rings is 2. The van der Waals surface area contributed by atoms with Gasteiger partial charge in [0.25, 0.3) is 5.91 Å². The molecule has 0 radical (unpaired) electrons. The highest BCUT2D eigenvalue weighted by Gasteiger charge is 2.22. The number of carbonyl (C=O) groups is 1. The smallest absolute Gasteiger partial charge is 0.339 e. The normalized spacial score (nSPS) is 16.0. The third kappa shape index (κ3) is 4.21. The Kier molecular flexibility index (Phi) is 5.29. The van der Waals surface area contributed by atoms with Gasteiger partial charge in [0, 0.05) is 5.02 Å². The molecule has 1 saturated heterocycles. The van der Waals surface area contributed by atoms with Crippen LogP contribution in [0.15, 0.2) is 52.3 Å². The first-order valence-corrected chi connectivity index (χ1v) is 10.0. The highest BCUT2D eigenvalue weighted by atomic mass is 35.5. The van der Waals surface area contributed by atoms with E-state index in [4.69, 9.17) is 32.8 Å². The number of carbonyl (C=O) groups excluding carboxylic acids is 1. The van der Waals surface area contributed by atoms with Crippen LogP contribution in [0.3, 0.4) is 0 Å². The third-order valence-corrected chi connectivity index (χ3v) is 5.84. The highest BCUT2D eigenvalue weighted by Crippen LogP contribution is 2.31. The van der Waals surface area contributed by atoms with Gasteiger partial charge in [-0.25, -0.2) is 0 Å². The summed E-state index contributed by atoms with van der Waals surface area (Å²) in [5, 5.41) is 10.3. The van der Waals surface area contributed by atoms with Crippen molar-refractivity contribution in [2.24, 2.45) is 0 Å². The van der Waals surface area contributed by atoms with E-state index in [9.17, 15) is 13.2 Å². The lowest BCUT2D eigenvalue weighted by Gasteiger charge is -2.09. The van der Waals surface area contributed by atoms with Crippen molar-refractivity contribution in [2.75, 3.05) is 0 Å². The van der Waals surface area contributed by atoms with E-state index in [2.05, 4.69) is 5.32 Å². The van der Waals surface area contributed by atoms with Crippen LogP contribution in [0.1, 0.15) is 5.56 Å². The van der Waals surface area contributed by atoms with Crippen LogP contribution in [0.5, 0.6) is 5.75 Å². The first-order chi connectivity index (χ1) is 12.2. The monoisotopic (exact) mass is 428 g/mol. The summed E-state index contributed by atoms with van der Waals surface area (Å²) in [6, 6.07) is 9.96. The Morgan fingerprint density at radius 3 is 2.38 bits per heavy atom. The number of amidine groups is 1. The van der Waals surface area contributed by atoms with Crippen molar-refractivity contribution in [2.45, 2.75) is 4.90 Å². The molecule has 2 aromatic carbocycles. The number of rotatable bonds is 4. The molecule has 134 valence electrons. The van der Waals surface area contributed by atoms with Gasteiger partial charge >= 0.3 is 10.1 Å². The number of thioether (sulfide) groups is 1. The summed E-state index contributed by atoms with van der Waals surface area (Å²) in [6.07, 6.45) is 1.55. The summed E-state index contributed by atoms with van der Waals surface area (Å²) < 4.78 is 29.7. The van der Waals surface area contributed by atoms with Crippen LogP contribution in [0.4, 0.5) is 0 Å². The molecule has 26 heavy (non-hydrogen) atoms. The molecule has 1 heterocycles. The number of halogens is 2. The molecule has 0 saturated carbocycles. The van der Waals surface area contributed by atoms with Gasteiger partial charge < -0.3 is 9.50 Å². The van der Waals surface area contributed by atoms with Crippen LogP contribution in [0, 0.1) is 5.41 Å². The zero-order chi connectivity index (χ0) is 18.9. The van der Waals surface area contributed by atoms with Crippen molar-refractivity contribution in [1.29, 1.82) is 5.41 Å². The SMILES string of the molecule is N=C1NC(=O)/C(=C/c2ccc(OS(=O)(=O)c3ccc(Cl)cc3)c(Cl)c2)S1. The minimum Gasteiger partial charge on any atom is -0.377 e. The molecular weight excluding hydrogens is 419 g/mol. The third-order valence-electron chi connectivity index (χ3n) is 3.22. The topological polar surface area (TPSA) is 96.3 Å². The van der Waals surface area contributed by atoms with Crippen LogP contribution in [-0.2, 0) is 14.9 Å². The summed E-state index contributed by atoms with van der Waals surface area (Å²) in [4.78, 5) is 11.9. The minimum atomic E-state index is -4.06. The maximum absolute atomic E-state index is 12.3. The van der Waals surface area contributed by atoms with E-state index in [0.717, 1.165) is 11.8 Å². The van der Waals surface area contributed by atoms with Gasteiger partial charge in [-0.1, -0.05) is 29.3 Å². The maximum Gasteiger partial charge on any atom is 0.339 e. The van der Waals surface area contributed by atoms with Gasteiger partial charge in [-0.05, 0) is 59.8 Å². The number of amides is 1. The molecule has 0 spiro atoms. The minimum absolute atomic E-state index is 0.0416. The van der Waals surface area contributed by atoms with Gasteiger partial charge in [0.1, 0.15) is 4.90 Å².